The van der Waals surface area contributed by atoms with Gasteiger partial charge in [0.15, 0.2) is 0 Å². The molecule has 0 fully saturated rings. The van der Waals surface area contributed by atoms with E-state index in [1.165, 1.54) is 0 Å². The van der Waals surface area contributed by atoms with Crippen molar-refractivity contribution in [2.45, 2.75) is 6.92 Å². The van der Waals surface area contributed by atoms with E-state index in [0.717, 1.165) is 11.3 Å². The summed E-state index contributed by atoms with van der Waals surface area (Å²) in [4.78, 5) is 7.79. The number of nitrogens with zero attached hydrogens (tertiary/aromatic N) is 2. The first-order valence-electron chi connectivity index (χ1n) is 4.88. The maximum Gasteiger partial charge on any atom is 0.223 e. The van der Waals surface area contributed by atoms with Gasteiger partial charge in [0, 0.05) is 6.07 Å². The van der Waals surface area contributed by atoms with Crippen molar-refractivity contribution >= 4 is 40.7 Å². The fourth-order valence-corrected chi connectivity index (χ4v) is 1.73. The molecule has 0 saturated heterocycles. The maximum absolute atomic E-state index is 6.06. The second-order valence-electron chi connectivity index (χ2n) is 3.54. The summed E-state index contributed by atoms with van der Waals surface area (Å²) in [6, 6.07) is 7.23. The number of rotatable bonds is 2. The van der Waals surface area contributed by atoms with E-state index in [0.29, 0.717) is 10.8 Å². The Labute approximate surface area is 109 Å². The molecule has 2 aromatic rings. The molecule has 1 heterocycles. The summed E-state index contributed by atoms with van der Waals surface area (Å²) in [6.07, 6.45) is 0. The van der Waals surface area contributed by atoms with E-state index in [4.69, 9.17) is 28.9 Å². The van der Waals surface area contributed by atoms with E-state index in [1.54, 1.807) is 6.07 Å². The minimum atomic E-state index is 0.115. The highest BCUT2D eigenvalue weighted by atomic mass is 35.5. The van der Waals surface area contributed by atoms with Crippen LogP contribution >= 0.6 is 23.2 Å². The molecule has 0 atom stereocenters. The summed E-state index contributed by atoms with van der Waals surface area (Å²) in [5.41, 5.74) is 7.34. The average molecular weight is 269 g/mol. The third-order valence-electron chi connectivity index (χ3n) is 2.10. The Morgan fingerprint density at radius 2 is 1.94 bits per heavy atom. The van der Waals surface area contributed by atoms with Crippen molar-refractivity contribution in [3.05, 3.63) is 40.0 Å². The third-order valence-corrected chi connectivity index (χ3v) is 2.62. The van der Waals surface area contributed by atoms with Gasteiger partial charge in [0.2, 0.25) is 5.95 Å². The lowest BCUT2D eigenvalue weighted by molar-refractivity contribution is 1.18. The molecule has 0 saturated carbocycles. The Bertz CT molecular complexity index is 537. The first-order chi connectivity index (χ1) is 8.04. The second kappa shape index (κ2) is 4.77. The molecule has 6 heteroatoms. The summed E-state index contributed by atoms with van der Waals surface area (Å²) >= 11 is 11.8. The number of nitrogen functional groups attached to an aromatic ring is 1. The molecule has 0 unspecified atom stereocenters. The highest BCUT2D eigenvalue weighted by Gasteiger charge is 2.04. The van der Waals surface area contributed by atoms with Gasteiger partial charge in [0.05, 0.1) is 10.7 Å². The normalized spacial score (nSPS) is 10.3. The predicted octanol–water partition coefficient (Wildman–Crippen LogP) is 3.42. The Balaban J connectivity index is 2.34. The van der Waals surface area contributed by atoms with Crippen molar-refractivity contribution in [1.82, 2.24) is 9.97 Å². The first-order valence-corrected chi connectivity index (χ1v) is 5.63. The molecule has 0 aliphatic heterocycles. The number of aromatic nitrogens is 2. The van der Waals surface area contributed by atoms with E-state index < -0.39 is 0 Å². The van der Waals surface area contributed by atoms with Gasteiger partial charge < -0.3 is 11.1 Å². The third kappa shape index (κ3) is 2.99. The molecular weight excluding hydrogens is 259 g/mol. The number of aryl methyl sites for hydroxylation is 1. The Morgan fingerprint density at radius 3 is 2.65 bits per heavy atom. The molecule has 0 bridgehead atoms. The molecule has 0 spiro atoms. The summed E-state index contributed by atoms with van der Waals surface area (Å²) in [5, 5.41) is 3.93. The Morgan fingerprint density at radius 1 is 1.18 bits per heavy atom. The van der Waals surface area contributed by atoms with Gasteiger partial charge in [-0.25, -0.2) is 4.98 Å². The summed E-state index contributed by atoms with van der Waals surface area (Å²) < 4.78 is 0. The van der Waals surface area contributed by atoms with Gasteiger partial charge in [-0.3, -0.25) is 0 Å². The highest BCUT2D eigenvalue weighted by molar-refractivity contribution is 6.33. The average Bonchev–Trinajstić information content (AvgIpc) is 2.22. The molecule has 0 aliphatic carbocycles. The van der Waals surface area contributed by atoms with Crippen molar-refractivity contribution in [2.75, 3.05) is 11.1 Å². The van der Waals surface area contributed by atoms with Crippen LogP contribution in [0.5, 0.6) is 0 Å². The fourth-order valence-electron chi connectivity index (χ4n) is 1.37. The van der Waals surface area contributed by atoms with Crippen LogP contribution in [0.4, 0.5) is 17.5 Å². The zero-order chi connectivity index (χ0) is 12.4. The Hall–Kier alpha value is -1.52. The van der Waals surface area contributed by atoms with Crippen LogP contribution in [-0.2, 0) is 0 Å². The van der Waals surface area contributed by atoms with Crippen molar-refractivity contribution in [2.24, 2.45) is 0 Å². The summed E-state index contributed by atoms with van der Waals surface area (Å²) in [7, 11) is 0. The van der Waals surface area contributed by atoms with E-state index in [1.807, 2.05) is 25.1 Å². The van der Waals surface area contributed by atoms with Gasteiger partial charge in [0.25, 0.3) is 0 Å². The smallest absolute Gasteiger partial charge is 0.223 e. The van der Waals surface area contributed by atoms with Gasteiger partial charge in [-0.1, -0.05) is 29.3 Å². The van der Waals surface area contributed by atoms with Crippen molar-refractivity contribution in [3.63, 3.8) is 0 Å². The number of nitrogens with two attached hydrogens (primary N) is 1. The number of benzene rings is 1. The van der Waals surface area contributed by atoms with Crippen molar-refractivity contribution < 1.29 is 0 Å². The molecule has 0 radical (unpaired) electrons. The predicted molar refractivity (Wildman–Crippen MR) is 70.9 cm³/mol. The molecule has 1 aromatic carbocycles. The van der Waals surface area contributed by atoms with Gasteiger partial charge in [-0.15, -0.1) is 0 Å². The second-order valence-corrected chi connectivity index (χ2v) is 4.34. The van der Waals surface area contributed by atoms with Crippen LogP contribution < -0.4 is 11.1 Å². The molecule has 3 N–H and O–H groups in total. The van der Waals surface area contributed by atoms with E-state index in [-0.39, 0.29) is 11.1 Å². The van der Waals surface area contributed by atoms with Crippen LogP contribution in [0.1, 0.15) is 5.56 Å². The number of hydrogen-bond donors (Lipinski definition) is 2. The van der Waals surface area contributed by atoms with Gasteiger partial charge in [-0.05, 0) is 24.6 Å². The van der Waals surface area contributed by atoms with Crippen LogP contribution in [0.15, 0.2) is 24.3 Å². The van der Waals surface area contributed by atoms with Crippen LogP contribution in [0.2, 0.25) is 10.2 Å². The topological polar surface area (TPSA) is 63.8 Å². The maximum atomic E-state index is 6.06. The first kappa shape index (κ1) is 12.0. The Kier molecular flexibility index (Phi) is 3.36. The number of halogens is 2. The largest absolute Gasteiger partial charge is 0.368 e. The number of anilines is 3. The molecule has 88 valence electrons. The van der Waals surface area contributed by atoms with Crippen LogP contribution in [-0.4, -0.2) is 9.97 Å². The molecular formula is C11H10Cl2N4. The molecule has 0 aliphatic rings. The quantitative estimate of drug-likeness (QED) is 0.820. The van der Waals surface area contributed by atoms with Gasteiger partial charge in [-0.2, -0.15) is 4.98 Å². The zero-order valence-electron chi connectivity index (χ0n) is 9.04. The lowest BCUT2D eigenvalue weighted by atomic mass is 10.2. The van der Waals surface area contributed by atoms with Crippen molar-refractivity contribution in [1.29, 1.82) is 0 Å². The van der Waals surface area contributed by atoms with Gasteiger partial charge >= 0.3 is 0 Å². The SMILES string of the molecule is Cc1ccc(Cl)c(Nc2cc(Cl)nc(N)n2)c1. The van der Waals surface area contributed by atoms with E-state index >= 15 is 0 Å². The standard InChI is InChI=1S/C11H10Cl2N4/c1-6-2-3-7(12)8(4-6)15-10-5-9(13)16-11(14)17-10/h2-5H,1H3,(H3,14,15,16,17). The van der Waals surface area contributed by atoms with Crippen LogP contribution in [0.3, 0.4) is 0 Å². The zero-order valence-corrected chi connectivity index (χ0v) is 10.5. The van der Waals surface area contributed by atoms with Crippen LogP contribution in [0.25, 0.3) is 0 Å². The highest BCUT2D eigenvalue weighted by Crippen LogP contribution is 2.26. The summed E-state index contributed by atoms with van der Waals surface area (Å²) in [5.74, 6) is 0.624. The molecule has 0 amide bonds. The minimum Gasteiger partial charge on any atom is -0.368 e. The van der Waals surface area contributed by atoms with E-state index in [9.17, 15) is 0 Å². The number of nitrogens with one attached hydrogen (secondary N) is 1. The van der Waals surface area contributed by atoms with Crippen molar-refractivity contribution in [3.8, 4) is 0 Å². The lowest BCUT2D eigenvalue weighted by Crippen LogP contribution is -2.00. The van der Waals surface area contributed by atoms with Crippen LogP contribution in [0, 0.1) is 6.92 Å². The minimum absolute atomic E-state index is 0.115. The molecule has 2 rings (SSSR count). The molecule has 1 aromatic heterocycles. The monoisotopic (exact) mass is 268 g/mol. The van der Waals surface area contributed by atoms with E-state index in [2.05, 4.69) is 15.3 Å². The lowest BCUT2D eigenvalue weighted by Gasteiger charge is -2.09. The fraction of sp³-hybridized carbons (Fsp3) is 0.0909. The number of hydrogen-bond acceptors (Lipinski definition) is 4. The summed E-state index contributed by atoms with van der Waals surface area (Å²) in [6.45, 7) is 1.98. The molecule has 4 nitrogen and oxygen atoms in total. The molecule has 17 heavy (non-hydrogen) atoms. The van der Waals surface area contributed by atoms with Gasteiger partial charge in [0.1, 0.15) is 11.0 Å².